The molecular formula is C19H30N2O8. The zero-order valence-electron chi connectivity index (χ0n) is 17.2. The number of carbonyl (C=O) groups is 4. The van der Waals surface area contributed by atoms with Crippen molar-refractivity contribution < 1.29 is 38.1 Å². The molecule has 0 aliphatic carbocycles. The van der Waals surface area contributed by atoms with Gasteiger partial charge >= 0.3 is 5.97 Å². The van der Waals surface area contributed by atoms with Crippen molar-refractivity contribution in [2.24, 2.45) is 0 Å². The van der Waals surface area contributed by atoms with Crippen LogP contribution in [0.15, 0.2) is 12.2 Å². The van der Waals surface area contributed by atoms with Crippen molar-refractivity contribution in [2.45, 2.75) is 32.8 Å². The Morgan fingerprint density at radius 1 is 0.897 bits per heavy atom. The molecule has 0 aromatic rings. The number of nitrogens with one attached hydrogen (secondary N) is 1. The van der Waals surface area contributed by atoms with E-state index in [1.54, 1.807) is 20.8 Å². The summed E-state index contributed by atoms with van der Waals surface area (Å²) in [6.45, 7) is 7.11. The molecule has 0 fully saturated rings. The lowest BCUT2D eigenvalue weighted by molar-refractivity contribution is -0.154. The maximum atomic E-state index is 11.6. The first kappa shape index (κ1) is 24.7. The van der Waals surface area contributed by atoms with Crippen LogP contribution in [0.25, 0.3) is 0 Å². The fourth-order valence-electron chi connectivity index (χ4n) is 2.15. The number of carbonyl (C=O) groups excluding carboxylic acids is 4. The van der Waals surface area contributed by atoms with Crippen LogP contribution in [0.4, 0.5) is 0 Å². The van der Waals surface area contributed by atoms with Gasteiger partial charge in [-0.1, -0.05) is 0 Å². The van der Waals surface area contributed by atoms with E-state index in [9.17, 15) is 19.2 Å². The number of hydrogen-bond donors (Lipinski definition) is 1. The van der Waals surface area contributed by atoms with Gasteiger partial charge in [0.05, 0.1) is 46.2 Å². The Balaban J connectivity index is 1.87. The molecule has 164 valence electrons. The van der Waals surface area contributed by atoms with Crippen LogP contribution in [-0.2, 0) is 38.1 Å². The van der Waals surface area contributed by atoms with Crippen LogP contribution in [0.5, 0.6) is 0 Å². The maximum absolute atomic E-state index is 11.6. The first-order valence-corrected chi connectivity index (χ1v) is 9.44. The Labute approximate surface area is 170 Å². The van der Waals surface area contributed by atoms with Crippen molar-refractivity contribution in [1.82, 2.24) is 10.2 Å². The van der Waals surface area contributed by atoms with Gasteiger partial charge in [-0.25, -0.2) is 0 Å². The number of rotatable bonds is 14. The Bertz CT molecular complexity index is 580. The van der Waals surface area contributed by atoms with Gasteiger partial charge in [-0.05, 0) is 20.8 Å². The summed E-state index contributed by atoms with van der Waals surface area (Å²) in [5.41, 5.74) is -0.584. The standard InChI is InChI=1S/C19H30N2O8/c1-19(2,3)29-18(25)14-20-15(22)6-8-26-10-12-28-13-11-27-9-7-21-16(23)4-5-17(21)24/h4-5H,6-14H2,1-3H3,(H,20,22). The summed E-state index contributed by atoms with van der Waals surface area (Å²) in [7, 11) is 0. The van der Waals surface area contributed by atoms with Gasteiger partial charge in [-0.2, -0.15) is 0 Å². The lowest BCUT2D eigenvalue weighted by Crippen LogP contribution is -2.35. The number of amides is 3. The molecule has 1 N–H and O–H groups in total. The number of ether oxygens (including phenoxy) is 4. The Morgan fingerprint density at radius 3 is 1.97 bits per heavy atom. The summed E-state index contributed by atoms with van der Waals surface area (Å²) in [5.74, 6) is -1.44. The molecule has 3 amide bonds. The molecule has 1 aliphatic rings. The van der Waals surface area contributed by atoms with Crippen molar-refractivity contribution in [3.63, 3.8) is 0 Å². The average Bonchev–Trinajstić information content (AvgIpc) is 2.94. The van der Waals surface area contributed by atoms with E-state index in [4.69, 9.17) is 18.9 Å². The molecular weight excluding hydrogens is 384 g/mol. The second-order valence-corrected chi connectivity index (χ2v) is 7.11. The van der Waals surface area contributed by atoms with Crippen LogP contribution in [0, 0.1) is 0 Å². The highest BCUT2D eigenvalue weighted by Crippen LogP contribution is 2.06. The Kier molecular flexibility index (Phi) is 11.1. The zero-order chi connectivity index (χ0) is 21.7. The van der Waals surface area contributed by atoms with E-state index in [1.807, 2.05) is 0 Å². The molecule has 1 rings (SSSR count). The van der Waals surface area contributed by atoms with E-state index in [0.717, 1.165) is 4.90 Å². The number of hydrogen-bond acceptors (Lipinski definition) is 8. The minimum absolute atomic E-state index is 0.134. The monoisotopic (exact) mass is 414 g/mol. The van der Waals surface area contributed by atoms with Crippen LogP contribution in [0.1, 0.15) is 27.2 Å². The van der Waals surface area contributed by atoms with Gasteiger partial charge in [-0.15, -0.1) is 0 Å². The minimum Gasteiger partial charge on any atom is -0.459 e. The zero-order valence-corrected chi connectivity index (χ0v) is 17.2. The Hall–Kier alpha value is -2.30. The molecule has 10 heteroatoms. The van der Waals surface area contributed by atoms with Crippen LogP contribution in [0.2, 0.25) is 0 Å². The normalized spacial score (nSPS) is 13.8. The quantitative estimate of drug-likeness (QED) is 0.236. The van der Waals surface area contributed by atoms with Gasteiger partial charge in [0.25, 0.3) is 11.8 Å². The van der Waals surface area contributed by atoms with Crippen molar-refractivity contribution in [1.29, 1.82) is 0 Å². The SMILES string of the molecule is CC(C)(C)OC(=O)CNC(=O)CCOCCOCCOCCN1C(=O)C=CC1=O. The summed E-state index contributed by atoms with van der Waals surface area (Å²) < 4.78 is 21.0. The predicted molar refractivity (Wildman–Crippen MR) is 102 cm³/mol. The first-order valence-electron chi connectivity index (χ1n) is 9.44. The molecule has 0 saturated heterocycles. The summed E-state index contributed by atoms with van der Waals surface area (Å²) in [6.07, 6.45) is 2.60. The smallest absolute Gasteiger partial charge is 0.325 e. The fraction of sp³-hybridized carbons (Fsp3) is 0.684. The summed E-state index contributed by atoms with van der Waals surface area (Å²) in [4.78, 5) is 46.8. The minimum atomic E-state index is -0.584. The summed E-state index contributed by atoms with van der Waals surface area (Å²) in [5, 5.41) is 2.47. The van der Waals surface area contributed by atoms with E-state index in [1.165, 1.54) is 12.2 Å². The Morgan fingerprint density at radius 2 is 1.41 bits per heavy atom. The number of imide groups is 1. The molecule has 0 saturated carbocycles. The lowest BCUT2D eigenvalue weighted by atomic mass is 10.2. The molecule has 10 nitrogen and oxygen atoms in total. The van der Waals surface area contributed by atoms with Crippen molar-refractivity contribution >= 4 is 23.7 Å². The van der Waals surface area contributed by atoms with Gasteiger partial charge in [0, 0.05) is 18.6 Å². The largest absolute Gasteiger partial charge is 0.459 e. The molecule has 0 spiro atoms. The van der Waals surface area contributed by atoms with E-state index in [-0.39, 0.29) is 50.4 Å². The molecule has 0 aromatic heterocycles. The van der Waals surface area contributed by atoms with Crippen LogP contribution < -0.4 is 5.32 Å². The van der Waals surface area contributed by atoms with Gasteiger partial charge < -0.3 is 24.3 Å². The lowest BCUT2D eigenvalue weighted by Gasteiger charge is -2.19. The van der Waals surface area contributed by atoms with Crippen LogP contribution >= 0.6 is 0 Å². The molecule has 0 atom stereocenters. The van der Waals surface area contributed by atoms with Crippen molar-refractivity contribution in [2.75, 3.05) is 52.7 Å². The highest BCUT2D eigenvalue weighted by Gasteiger charge is 2.22. The van der Waals surface area contributed by atoms with Gasteiger partial charge in [0.2, 0.25) is 5.91 Å². The van der Waals surface area contributed by atoms with Crippen molar-refractivity contribution in [3.05, 3.63) is 12.2 Å². The van der Waals surface area contributed by atoms with E-state index < -0.39 is 11.6 Å². The molecule has 1 aliphatic heterocycles. The van der Waals surface area contributed by atoms with Gasteiger partial charge in [-0.3, -0.25) is 24.1 Å². The highest BCUT2D eigenvalue weighted by molar-refractivity contribution is 6.12. The average molecular weight is 414 g/mol. The van der Waals surface area contributed by atoms with E-state index >= 15 is 0 Å². The van der Waals surface area contributed by atoms with Crippen LogP contribution in [-0.4, -0.2) is 86.9 Å². The number of nitrogens with zero attached hydrogens (tertiary/aromatic N) is 1. The van der Waals surface area contributed by atoms with Crippen molar-refractivity contribution in [3.8, 4) is 0 Å². The molecule has 1 heterocycles. The molecule has 29 heavy (non-hydrogen) atoms. The van der Waals surface area contributed by atoms with Gasteiger partial charge in [0.15, 0.2) is 0 Å². The molecule has 0 aromatic carbocycles. The van der Waals surface area contributed by atoms with E-state index in [0.29, 0.717) is 26.4 Å². The second-order valence-electron chi connectivity index (χ2n) is 7.11. The third kappa shape index (κ3) is 12.0. The molecule has 0 radical (unpaired) electrons. The second kappa shape index (κ2) is 13.0. The number of esters is 1. The third-order valence-corrected chi connectivity index (χ3v) is 3.43. The summed E-state index contributed by atoms with van der Waals surface area (Å²) >= 11 is 0. The fourth-order valence-corrected chi connectivity index (χ4v) is 2.15. The van der Waals surface area contributed by atoms with E-state index in [2.05, 4.69) is 5.32 Å². The first-order chi connectivity index (χ1) is 13.7. The topological polar surface area (TPSA) is 120 Å². The molecule has 0 unspecified atom stereocenters. The highest BCUT2D eigenvalue weighted by atomic mass is 16.6. The predicted octanol–water partition coefficient (Wildman–Crippen LogP) is -0.191. The summed E-state index contributed by atoms with van der Waals surface area (Å²) in [6, 6.07) is 0. The molecule has 0 bridgehead atoms. The maximum Gasteiger partial charge on any atom is 0.325 e. The third-order valence-electron chi connectivity index (χ3n) is 3.43. The van der Waals surface area contributed by atoms with Gasteiger partial charge in [0.1, 0.15) is 12.1 Å². The van der Waals surface area contributed by atoms with Crippen LogP contribution in [0.3, 0.4) is 0 Å².